The summed E-state index contributed by atoms with van der Waals surface area (Å²) in [6.07, 6.45) is 2.97. The molecule has 11 heteroatoms. The standard InChI is InChI=1S/C20H38N4O6S/c1-6-12(4)16(19(28)22-14(20(29)30)7-8-31-5)24-18(27)15(9-11(2)3)23-17(26)13(21)10-25/h11-16,25H,6-10,21H2,1-5H3,(H,22,28)(H,23,26)(H,24,27)(H,29,30). The molecule has 0 saturated carbocycles. The van der Waals surface area contributed by atoms with Crippen LogP contribution in [0.25, 0.3) is 0 Å². The number of nitrogens with two attached hydrogens (primary N) is 1. The van der Waals surface area contributed by atoms with Gasteiger partial charge in [-0.15, -0.1) is 0 Å². The lowest BCUT2D eigenvalue weighted by Gasteiger charge is -2.28. The van der Waals surface area contributed by atoms with Crippen LogP contribution in [-0.4, -0.2) is 76.7 Å². The van der Waals surface area contributed by atoms with E-state index in [2.05, 4.69) is 16.0 Å². The smallest absolute Gasteiger partial charge is 0.326 e. The van der Waals surface area contributed by atoms with Gasteiger partial charge in [0.05, 0.1) is 6.61 Å². The van der Waals surface area contributed by atoms with Crippen LogP contribution in [0.2, 0.25) is 0 Å². The number of hydrogen-bond acceptors (Lipinski definition) is 7. The first-order chi connectivity index (χ1) is 14.5. The Morgan fingerprint density at radius 2 is 1.55 bits per heavy atom. The van der Waals surface area contributed by atoms with E-state index in [0.717, 1.165) is 0 Å². The van der Waals surface area contributed by atoms with E-state index in [-0.39, 0.29) is 18.3 Å². The number of carbonyl (C=O) groups excluding carboxylic acids is 3. The maximum atomic E-state index is 12.9. The summed E-state index contributed by atoms with van der Waals surface area (Å²) >= 11 is 1.47. The highest BCUT2D eigenvalue weighted by molar-refractivity contribution is 7.98. The number of carboxylic acid groups (broad SMARTS) is 1. The summed E-state index contributed by atoms with van der Waals surface area (Å²) in [6.45, 7) is 6.82. The zero-order chi connectivity index (χ0) is 24.1. The lowest BCUT2D eigenvalue weighted by Crippen LogP contribution is -2.59. The van der Waals surface area contributed by atoms with Crippen LogP contribution in [0.1, 0.15) is 47.0 Å². The highest BCUT2D eigenvalue weighted by Crippen LogP contribution is 2.12. The van der Waals surface area contributed by atoms with Crippen molar-refractivity contribution >= 4 is 35.5 Å². The lowest BCUT2D eigenvalue weighted by molar-refractivity contribution is -0.142. The minimum Gasteiger partial charge on any atom is -0.480 e. The fourth-order valence-electron chi connectivity index (χ4n) is 2.77. The van der Waals surface area contributed by atoms with Gasteiger partial charge in [0.15, 0.2) is 0 Å². The molecule has 5 unspecified atom stereocenters. The molecule has 0 aromatic carbocycles. The summed E-state index contributed by atoms with van der Waals surface area (Å²) < 4.78 is 0. The first kappa shape index (κ1) is 29.1. The normalized spacial score (nSPS) is 16.0. The van der Waals surface area contributed by atoms with E-state index in [4.69, 9.17) is 10.8 Å². The molecule has 0 aliphatic heterocycles. The van der Waals surface area contributed by atoms with Crippen LogP contribution in [0.5, 0.6) is 0 Å². The van der Waals surface area contributed by atoms with Gasteiger partial charge in [0.2, 0.25) is 17.7 Å². The SMILES string of the molecule is CCC(C)C(NC(=O)C(CC(C)C)NC(=O)C(N)CO)C(=O)NC(CCSC)C(=O)O. The molecule has 180 valence electrons. The number of carboxylic acids is 1. The minimum absolute atomic E-state index is 0.0558. The van der Waals surface area contributed by atoms with Crippen molar-refractivity contribution in [2.45, 2.75) is 71.1 Å². The average Bonchev–Trinajstić information content (AvgIpc) is 2.72. The number of amides is 3. The van der Waals surface area contributed by atoms with Gasteiger partial charge in [0.1, 0.15) is 24.2 Å². The van der Waals surface area contributed by atoms with Crippen LogP contribution in [0, 0.1) is 11.8 Å². The molecule has 7 N–H and O–H groups in total. The second-order valence-corrected chi connectivity index (χ2v) is 9.02. The Morgan fingerprint density at radius 1 is 0.968 bits per heavy atom. The molecular formula is C20H38N4O6S. The van der Waals surface area contributed by atoms with Gasteiger partial charge in [-0.05, 0) is 36.7 Å². The molecule has 0 aliphatic rings. The summed E-state index contributed by atoms with van der Waals surface area (Å²) in [6, 6.07) is -4.14. The van der Waals surface area contributed by atoms with Crippen molar-refractivity contribution < 1.29 is 29.4 Å². The topological polar surface area (TPSA) is 171 Å². The summed E-state index contributed by atoms with van der Waals surface area (Å²) in [5.41, 5.74) is 5.52. The number of aliphatic hydroxyl groups excluding tert-OH is 1. The zero-order valence-corrected chi connectivity index (χ0v) is 19.8. The third-order valence-corrected chi connectivity index (χ3v) is 5.54. The van der Waals surface area contributed by atoms with Crippen molar-refractivity contribution in [1.29, 1.82) is 0 Å². The predicted octanol–water partition coefficient (Wildman–Crippen LogP) is -0.310. The van der Waals surface area contributed by atoms with Crippen molar-refractivity contribution in [3.8, 4) is 0 Å². The quantitative estimate of drug-likeness (QED) is 0.192. The van der Waals surface area contributed by atoms with Gasteiger partial charge in [-0.3, -0.25) is 14.4 Å². The summed E-state index contributed by atoms with van der Waals surface area (Å²) in [5, 5.41) is 26.1. The Labute approximate surface area is 188 Å². The summed E-state index contributed by atoms with van der Waals surface area (Å²) in [7, 11) is 0. The molecule has 31 heavy (non-hydrogen) atoms. The number of aliphatic hydroxyl groups is 1. The number of carbonyl (C=O) groups is 4. The monoisotopic (exact) mass is 462 g/mol. The maximum Gasteiger partial charge on any atom is 0.326 e. The van der Waals surface area contributed by atoms with Gasteiger partial charge in [0, 0.05) is 0 Å². The van der Waals surface area contributed by atoms with Crippen molar-refractivity contribution in [2.24, 2.45) is 17.6 Å². The van der Waals surface area contributed by atoms with Crippen LogP contribution in [0.4, 0.5) is 0 Å². The van der Waals surface area contributed by atoms with Gasteiger partial charge in [-0.25, -0.2) is 4.79 Å². The average molecular weight is 463 g/mol. The molecule has 0 rings (SSSR count). The van der Waals surface area contributed by atoms with Crippen LogP contribution >= 0.6 is 11.8 Å². The third-order valence-electron chi connectivity index (χ3n) is 4.89. The molecule has 0 radical (unpaired) electrons. The Hall–Kier alpha value is -1.85. The molecule has 10 nitrogen and oxygen atoms in total. The van der Waals surface area contributed by atoms with Gasteiger partial charge >= 0.3 is 5.97 Å². The molecule has 0 saturated heterocycles. The molecular weight excluding hydrogens is 424 g/mol. The number of rotatable bonds is 15. The second-order valence-electron chi connectivity index (χ2n) is 8.03. The fourth-order valence-corrected chi connectivity index (χ4v) is 3.25. The fraction of sp³-hybridized carbons (Fsp3) is 0.800. The summed E-state index contributed by atoms with van der Waals surface area (Å²) in [5.74, 6) is -2.61. The van der Waals surface area contributed by atoms with E-state index in [1.807, 2.05) is 27.0 Å². The number of hydrogen-bond donors (Lipinski definition) is 6. The molecule has 0 bridgehead atoms. The minimum atomic E-state index is -1.16. The van der Waals surface area contributed by atoms with Crippen molar-refractivity contribution in [3.63, 3.8) is 0 Å². The highest BCUT2D eigenvalue weighted by Gasteiger charge is 2.32. The van der Waals surface area contributed by atoms with Gasteiger partial charge < -0.3 is 31.9 Å². The van der Waals surface area contributed by atoms with E-state index in [1.54, 1.807) is 6.92 Å². The van der Waals surface area contributed by atoms with Crippen LogP contribution in [-0.2, 0) is 19.2 Å². The van der Waals surface area contributed by atoms with Crippen LogP contribution in [0.3, 0.4) is 0 Å². The molecule has 0 aromatic heterocycles. The highest BCUT2D eigenvalue weighted by atomic mass is 32.2. The number of nitrogens with one attached hydrogen (secondary N) is 3. The van der Waals surface area contributed by atoms with E-state index < -0.39 is 54.5 Å². The first-order valence-corrected chi connectivity index (χ1v) is 11.9. The zero-order valence-electron chi connectivity index (χ0n) is 19.0. The molecule has 3 amide bonds. The van der Waals surface area contributed by atoms with Gasteiger partial charge in [0.25, 0.3) is 0 Å². The predicted molar refractivity (Wildman–Crippen MR) is 120 cm³/mol. The Bertz CT molecular complexity index is 604. The molecule has 0 heterocycles. The summed E-state index contributed by atoms with van der Waals surface area (Å²) in [4.78, 5) is 49.3. The molecule has 5 atom stereocenters. The van der Waals surface area contributed by atoms with Crippen molar-refractivity contribution in [2.75, 3.05) is 18.6 Å². The van der Waals surface area contributed by atoms with Gasteiger partial charge in [-0.1, -0.05) is 34.1 Å². The van der Waals surface area contributed by atoms with E-state index in [0.29, 0.717) is 18.6 Å². The number of aliphatic carboxylic acids is 1. The van der Waals surface area contributed by atoms with E-state index >= 15 is 0 Å². The van der Waals surface area contributed by atoms with E-state index in [9.17, 15) is 24.3 Å². The van der Waals surface area contributed by atoms with Crippen LogP contribution < -0.4 is 21.7 Å². The lowest BCUT2D eigenvalue weighted by atomic mass is 9.96. The molecule has 0 aliphatic carbocycles. The Balaban J connectivity index is 5.47. The first-order valence-electron chi connectivity index (χ1n) is 10.5. The maximum absolute atomic E-state index is 12.9. The van der Waals surface area contributed by atoms with Crippen molar-refractivity contribution in [3.05, 3.63) is 0 Å². The Kier molecular flexibility index (Phi) is 14.1. The largest absolute Gasteiger partial charge is 0.480 e. The molecule has 0 spiro atoms. The van der Waals surface area contributed by atoms with Crippen molar-refractivity contribution in [1.82, 2.24) is 16.0 Å². The second kappa shape index (κ2) is 15.0. The molecule has 0 aromatic rings. The third kappa shape index (κ3) is 10.8. The molecule has 0 fully saturated rings. The number of thioether (sulfide) groups is 1. The van der Waals surface area contributed by atoms with Crippen LogP contribution in [0.15, 0.2) is 0 Å². The van der Waals surface area contributed by atoms with Gasteiger partial charge in [-0.2, -0.15) is 11.8 Å². The van der Waals surface area contributed by atoms with E-state index in [1.165, 1.54) is 11.8 Å². The Morgan fingerprint density at radius 3 is 2.00 bits per heavy atom.